The van der Waals surface area contributed by atoms with Crippen molar-refractivity contribution < 1.29 is 4.79 Å². The number of carbonyl (C=O) groups excluding carboxylic acids is 1. The molecule has 0 spiro atoms. The van der Waals surface area contributed by atoms with Gasteiger partial charge in [-0.1, -0.05) is 24.6 Å². The van der Waals surface area contributed by atoms with Gasteiger partial charge in [0, 0.05) is 31.5 Å². The number of amides is 1. The molecule has 2 fully saturated rings. The third-order valence-electron chi connectivity index (χ3n) is 4.12. The molecule has 0 aromatic carbocycles. The molecule has 1 saturated heterocycles. The van der Waals surface area contributed by atoms with E-state index >= 15 is 0 Å². The van der Waals surface area contributed by atoms with Crippen LogP contribution in [0.25, 0.3) is 0 Å². The number of likely N-dealkylation sites (tertiary alicyclic amines) is 1. The Hall–Kier alpha value is -0.970. The molecule has 20 heavy (non-hydrogen) atoms. The van der Waals surface area contributed by atoms with Gasteiger partial charge in [-0.25, -0.2) is 4.98 Å². The summed E-state index contributed by atoms with van der Waals surface area (Å²) in [6.45, 7) is 3.88. The lowest BCUT2D eigenvalue weighted by Crippen LogP contribution is -2.37. The largest absolute Gasteiger partial charge is 0.342 e. The van der Waals surface area contributed by atoms with Crippen molar-refractivity contribution in [2.45, 2.75) is 61.9 Å². The Morgan fingerprint density at radius 1 is 1.30 bits per heavy atom. The highest BCUT2D eigenvalue weighted by Crippen LogP contribution is 2.38. The number of carbonyl (C=O) groups is 1. The highest BCUT2D eigenvalue weighted by molar-refractivity contribution is 8.00. The quantitative estimate of drug-likeness (QED) is 0.801. The highest BCUT2D eigenvalue weighted by atomic mass is 32.2. The van der Waals surface area contributed by atoms with Crippen molar-refractivity contribution in [3.05, 3.63) is 12.4 Å². The van der Waals surface area contributed by atoms with Crippen LogP contribution in [0.15, 0.2) is 17.6 Å². The van der Waals surface area contributed by atoms with Crippen LogP contribution in [0.4, 0.5) is 0 Å². The monoisotopic (exact) mass is 293 g/mol. The molecule has 2 heterocycles. The van der Waals surface area contributed by atoms with E-state index in [9.17, 15) is 4.79 Å². The van der Waals surface area contributed by atoms with E-state index in [2.05, 4.69) is 14.5 Å². The molecule has 0 N–H and O–H groups in total. The number of hydrogen-bond acceptors (Lipinski definition) is 3. The average molecular weight is 293 g/mol. The van der Waals surface area contributed by atoms with Crippen LogP contribution in [-0.4, -0.2) is 38.7 Å². The van der Waals surface area contributed by atoms with E-state index in [1.54, 1.807) is 11.8 Å². The lowest BCUT2D eigenvalue weighted by atomic mass is 10.2. The Morgan fingerprint density at radius 3 is 2.65 bits per heavy atom. The molecule has 3 rings (SSSR count). The van der Waals surface area contributed by atoms with Crippen LogP contribution >= 0.6 is 11.8 Å². The van der Waals surface area contributed by atoms with Gasteiger partial charge in [0.25, 0.3) is 0 Å². The van der Waals surface area contributed by atoms with Gasteiger partial charge in [-0.05, 0) is 32.6 Å². The van der Waals surface area contributed by atoms with E-state index < -0.39 is 0 Å². The van der Waals surface area contributed by atoms with Crippen LogP contribution in [0.1, 0.15) is 51.5 Å². The molecule has 110 valence electrons. The van der Waals surface area contributed by atoms with Crippen molar-refractivity contribution in [1.29, 1.82) is 0 Å². The van der Waals surface area contributed by atoms with Gasteiger partial charge >= 0.3 is 0 Å². The molecule has 1 aliphatic carbocycles. The van der Waals surface area contributed by atoms with Gasteiger partial charge in [-0.15, -0.1) is 0 Å². The molecule has 4 nitrogen and oxygen atoms in total. The van der Waals surface area contributed by atoms with Gasteiger partial charge in [-0.2, -0.15) is 0 Å². The molecule has 0 bridgehead atoms. The first-order valence-corrected chi connectivity index (χ1v) is 8.62. The molecule has 1 amide bonds. The van der Waals surface area contributed by atoms with Crippen molar-refractivity contribution in [2.75, 3.05) is 13.1 Å². The van der Waals surface area contributed by atoms with E-state index in [4.69, 9.17) is 0 Å². The van der Waals surface area contributed by atoms with Crippen molar-refractivity contribution in [2.24, 2.45) is 0 Å². The maximum Gasteiger partial charge on any atom is 0.235 e. The smallest absolute Gasteiger partial charge is 0.235 e. The zero-order valence-corrected chi connectivity index (χ0v) is 12.9. The Bertz CT molecular complexity index is 461. The standard InChI is InChI=1S/C15H23N3OS/c1-12(14(19)17-9-4-2-3-5-10-17)20-15-16-8-11-18(15)13-6-7-13/h8,11-13H,2-7,9-10H2,1H3. The van der Waals surface area contributed by atoms with Gasteiger partial charge in [0.2, 0.25) is 5.91 Å². The van der Waals surface area contributed by atoms with Crippen LogP contribution in [0.5, 0.6) is 0 Å². The van der Waals surface area contributed by atoms with E-state index in [1.807, 2.05) is 19.3 Å². The summed E-state index contributed by atoms with van der Waals surface area (Å²) in [7, 11) is 0. The van der Waals surface area contributed by atoms with Gasteiger partial charge in [0.15, 0.2) is 5.16 Å². The van der Waals surface area contributed by atoms with Gasteiger partial charge in [-0.3, -0.25) is 4.79 Å². The third kappa shape index (κ3) is 3.19. The van der Waals surface area contributed by atoms with E-state index in [0.717, 1.165) is 31.1 Å². The minimum atomic E-state index is -0.0343. The maximum atomic E-state index is 12.5. The summed E-state index contributed by atoms with van der Waals surface area (Å²) in [6.07, 6.45) is 11.2. The van der Waals surface area contributed by atoms with Crippen molar-refractivity contribution >= 4 is 17.7 Å². The van der Waals surface area contributed by atoms with E-state index in [-0.39, 0.29) is 11.2 Å². The lowest BCUT2D eigenvalue weighted by molar-refractivity contribution is -0.130. The molecule has 2 aliphatic rings. The molecule has 1 atom stereocenters. The Kier molecular flexibility index (Phi) is 4.34. The Balaban J connectivity index is 1.61. The summed E-state index contributed by atoms with van der Waals surface area (Å²) in [6, 6.07) is 0.625. The zero-order valence-electron chi connectivity index (χ0n) is 12.1. The highest BCUT2D eigenvalue weighted by Gasteiger charge is 2.28. The fourth-order valence-corrected chi connectivity index (χ4v) is 3.80. The minimum absolute atomic E-state index is 0.0343. The summed E-state index contributed by atoms with van der Waals surface area (Å²) < 4.78 is 2.23. The fraction of sp³-hybridized carbons (Fsp3) is 0.733. The van der Waals surface area contributed by atoms with Crippen LogP contribution in [0.2, 0.25) is 0 Å². The summed E-state index contributed by atoms with van der Waals surface area (Å²) in [5.41, 5.74) is 0. The molecular weight excluding hydrogens is 270 g/mol. The summed E-state index contributed by atoms with van der Waals surface area (Å²) in [4.78, 5) is 19.0. The summed E-state index contributed by atoms with van der Waals surface area (Å²) in [5, 5.41) is 0.969. The normalized spacial score (nSPS) is 21.6. The molecular formula is C15H23N3OS. The number of aromatic nitrogens is 2. The van der Waals surface area contributed by atoms with Gasteiger partial charge in [0.05, 0.1) is 5.25 Å². The summed E-state index contributed by atoms with van der Waals surface area (Å²) in [5.74, 6) is 0.280. The molecule has 5 heteroatoms. The topological polar surface area (TPSA) is 38.1 Å². The second-order valence-electron chi connectivity index (χ2n) is 5.85. The Labute approximate surface area is 124 Å². The molecule has 0 radical (unpaired) electrons. The van der Waals surface area contributed by atoms with Crippen molar-refractivity contribution in [3.8, 4) is 0 Å². The number of imidazole rings is 1. The predicted molar refractivity (Wildman–Crippen MR) is 80.9 cm³/mol. The molecule has 1 aromatic heterocycles. The van der Waals surface area contributed by atoms with Crippen molar-refractivity contribution in [3.63, 3.8) is 0 Å². The first-order valence-electron chi connectivity index (χ1n) is 7.74. The maximum absolute atomic E-state index is 12.5. The first kappa shape index (κ1) is 14.0. The summed E-state index contributed by atoms with van der Waals surface area (Å²) >= 11 is 1.61. The van der Waals surface area contributed by atoms with Crippen LogP contribution < -0.4 is 0 Å². The van der Waals surface area contributed by atoms with Crippen LogP contribution in [0.3, 0.4) is 0 Å². The molecule has 1 aromatic rings. The fourth-order valence-electron chi connectivity index (χ4n) is 2.78. The number of hydrogen-bond donors (Lipinski definition) is 0. The predicted octanol–water partition coefficient (Wildman–Crippen LogP) is 3.10. The van der Waals surface area contributed by atoms with E-state index in [1.165, 1.54) is 25.7 Å². The van der Waals surface area contributed by atoms with E-state index in [0.29, 0.717) is 6.04 Å². The SMILES string of the molecule is CC(Sc1nccn1C1CC1)C(=O)N1CCCCCC1. The van der Waals surface area contributed by atoms with Gasteiger partial charge < -0.3 is 9.47 Å². The van der Waals surface area contributed by atoms with Crippen LogP contribution in [-0.2, 0) is 4.79 Å². The third-order valence-corrected chi connectivity index (χ3v) is 5.20. The number of rotatable bonds is 4. The number of nitrogens with zero attached hydrogens (tertiary/aromatic N) is 3. The number of thioether (sulfide) groups is 1. The average Bonchev–Trinajstić information content (AvgIpc) is 3.24. The van der Waals surface area contributed by atoms with Crippen molar-refractivity contribution in [1.82, 2.24) is 14.5 Å². The zero-order chi connectivity index (χ0) is 13.9. The first-order chi connectivity index (χ1) is 9.75. The minimum Gasteiger partial charge on any atom is -0.342 e. The second kappa shape index (κ2) is 6.20. The van der Waals surface area contributed by atoms with Gasteiger partial charge in [0.1, 0.15) is 0 Å². The Morgan fingerprint density at radius 2 is 2.00 bits per heavy atom. The van der Waals surface area contributed by atoms with Crippen LogP contribution in [0, 0.1) is 0 Å². The molecule has 1 unspecified atom stereocenters. The molecule has 1 aliphatic heterocycles. The second-order valence-corrected chi connectivity index (χ2v) is 7.16. The molecule has 1 saturated carbocycles. The lowest BCUT2D eigenvalue weighted by Gasteiger charge is -2.23.